The third-order valence-electron chi connectivity index (χ3n) is 3.61. The summed E-state index contributed by atoms with van der Waals surface area (Å²) in [7, 11) is 0. The number of hydrogen-bond acceptors (Lipinski definition) is 3. The number of nitrogens with one attached hydrogen (secondary N) is 2. The fourth-order valence-electron chi connectivity index (χ4n) is 2.44. The van der Waals surface area contributed by atoms with Crippen molar-refractivity contribution in [3.8, 4) is 0 Å². The smallest absolute Gasteiger partial charge is 0.311 e. The van der Waals surface area contributed by atoms with Gasteiger partial charge in [-0.15, -0.1) is 0 Å². The maximum Gasteiger partial charge on any atom is 0.311 e. The Hall–Kier alpha value is -2.11. The van der Waals surface area contributed by atoms with Gasteiger partial charge in [-0.25, -0.2) is 0 Å². The number of carbonyl (C=O) groups excluding carboxylic acids is 1. The number of hydrogen-bond donors (Lipinski definition) is 3. The highest BCUT2D eigenvalue weighted by atomic mass is 16.4. The number of aromatic amines is 1. The Morgan fingerprint density at radius 2 is 2.00 bits per heavy atom. The number of carboxylic acids is 1. The van der Waals surface area contributed by atoms with Crippen molar-refractivity contribution in [1.29, 1.82) is 0 Å². The number of H-pyrrole nitrogens is 1. The van der Waals surface area contributed by atoms with E-state index in [9.17, 15) is 19.5 Å². The van der Waals surface area contributed by atoms with Gasteiger partial charge in [0, 0.05) is 12.6 Å². The molecule has 0 radical (unpaired) electrons. The summed E-state index contributed by atoms with van der Waals surface area (Å²) >= 11 is 0. The first kappa shape index (κ1) is 13.3. The van der Waals surface area contributed by atoms with Crippen molar-refractivity contribution in [2.24, 2.45) is 5.41 Å². The van der Waals surface area contributed by atoms with Gasteiger partial charge >= 0.3 is 5.97 Å². The number of amides is 1. The number of aliphatic carboxylic acids is 1. The van der Waals surface area contributed by atoms with E-state index in [0.717, 1.165) is 12.8 Å². The minimum Gasteiger partial charge on any atom is -0.481 e. The SMILES string of the molecule is O=C(NCC1(C(=O)O)CCCC1)c1cccc(=O)[nH]1. The fraction of sp³-hybridized carbons (Fsp3) is 0.462. The van der Waals surface area contributed by atoms with Gasteiger partial charge in [-0.1, -0.05) is 18.9 Å². The van der Waals surface area contributed by atoms with E-state index in [4.69, 9.17) is 0 Å². The molecular weight excluding hydrogens is 248 g/mol. The molecular formula is C13H16N2O4. The van der Waals surface area contributed by atoms with E-state index in [-0.39, 0.29) is 17.8 Å². The van der Waals surface area contributed by atoms with Crippen LogP contribution in [0.2, 0.25) is 0 Å². The Kier molecular flexibility index (Phi) is 3.69. The summed E-state index contributed by atoms with van der Waals surface area (Å²) in [5.41, 5.74) is -1.07. The van der Waals surface area contributed by atoms with Crippen LogP contribution < -0.4 is 10.9 Å². The van der Waals surface area contributed by atoms with Crippen molar-refractivity contribution < 1.29 is 14.7 Å². The van der Waals surface area contributed by atoms with Gasteiger partial charge in [-0.05, 0) is 18.9 Å². The highest BCUT2D eigenvalue weighted by Gasteiger charge is 2.41. The lowest BCUT2D eigenvalue weighted by Crippen LogP contribution is -2.41. The molecule has 0 spiro atoms. The van der Waals surface area contributed by atoms with Crippen LogP contribution in [0.15, 0.2) is 23.0 Å². The van der Waals surface area contributed by atoms with Gasteiger partial charge in [-0.2, -0.15) is 0 Å². The third kappa shape index (κ3) is 2.83. The van der Waals surface area contributed by atoms with Gasteiger partial charge in [0.1, 0.15) is 5.69 Å². The van der Waals surface area contributed by atoms with Gasteiger partial charge in [0.25, 0.3) is 5.91 Å². The number of carboxylic acid groups (broad SMARTS) is 1. The highest BCUT2D eigenvalue weighted by Crippen LogP contribution is 2.37. The minimum absolute atomic E-state index is 0.0953. The van der Waals surface area contributed by atoms with Gasteiger partial charge < -0.3 is 15.4 Å². The van der Waals surface area contributed by atoms with E-state index in [1.54, 1.807) is 0 Å². The van der Waals surface area contributed by atoms with Crippen molar-refractivity contribution in [3.63, 3.8) is 0 Å². The summed E-state index contributed by atoms with van der Waals surface area (Å²) < 4.78 is 0. The van der Waals surface area contributed by atoms with Crippen molar-refractivity contribution in [2.45, 2.75) is 25.7 Å². The largest absolute Gasteiger partial charge is 0.481 e. The fourth-order valence-corrected chi connectivity index (χ4v) is 2.44. The van der Waals surface area contributed by atoms with Crippen LogP contribution in [-0.2, 0) is 4.79 Å². The average Bonchev–Trinajstić information content (AvgIpc) is 2.86. The molecule has 1 aromatic rings. The van der Waals surface area contributed by atoms with Crippen LogP contribution in [0.4, 0.5) is 0 Å². The van der Waals surface area contributed by atoms with E-state index < -0.39 is 17.3 Å². The van der Waals surface area contributed by atoms with Crippen molar-refractivity contribution in [2.75, 3.05) is 6.54 Å². The molecule has 0 aromatic carbocycles. The molecule has 1 saturated carbocycles. The second kappa shape index (κ2) is 5.26. The normalized spacial score (nSPS) is 17.1. The molecule has 1 aliphatic rings. The highest BCUT2D eigenvalue weighted by molar-refractivity contribution is 5.92. The predicted molar refractivity (Wildman–Crippen MR) is 67.9 cm³/mol. The zero-order valence-electron chi connectivity index (χ0n) is 10.4. The van der Waals surface area contributed by atoms with Crippen LogP contribution in [0.5, 0.6) is 0 Å². The van der Waals surface area contributed by atoms with Crippen LogP contribution in [0.3, 0.4) is 0 Å². The van der Waals surface area contributed by atoms with Gasteiger partial charge in [-0.3, -0.25) is 14.4 Å². The van der Waals surface area contributed by atoms with Gasteiger partial charge in [0.2, 0.25) is 5.56 Å². The minimum atomic E-state index is -0.869. The number of pyridine rings is 1. The molecule has 6 nitrogen and oxygen atoms in total. The van der Waals surface area contributed by atoms with E-state index in [1.165, 1.54) is 18.2 Å². The molecule has 0 saturated heterocycles. The first-order valence-corrected chi connectivity index (χ1v) is 6.24. The van der Waals surface area contributed by atoms with E-state index in [2.05, 4.69) is 10.3 Å². The summed E-state index contributed by atoms with van der Waals surface area (Å²) in [4.78, 5) is 36.7. The zero-order chi connectivity index (χ0) is 13.9. The first-order chi connectivity index (χ1) is 9.03. The first-order valence-electron chi connectivity index (χ1n) is 6.24. The number of carbonyl (C=O) groups is 2. The topological polar surface area (TPSA) is 99.3 Å². The van der Waals surface area contributed by atoms with Gasteiger partial charge in [0.15, 0.2) is 0 Å². The van der Waals surface area contributed by atoms with Crippen molar-refractivity contribution in [1.82, 2.24) is 10.3 Å². The third-order valence-corrected chi connectivity index (χ3v) is 3.61. The number of aromatic nitrogens is 1. The molecule has 0 bridgehead atoms. The van der Waals surface area contributed by atoms with Crippen LogP contribution in [0.1, 0.15) is 36.2 Å². The number of rotatable bonds is 4. The maximum atomic E-state index is 11.8. The van der Waals surface area contributed by atoms with Crippen LogP contribution >= 0.6 is 0 Å². The molecule has 1 fully saturated rings. The van der Waals surface area contributed by atoms with Crippen LogP contribution in [0, 0.1) is 5.41 Å². The lowest BCUT2D eigenvalue weighted by Gasteiger charge is -2.23. The molecule has 0 unspecified atom stereocenters. The standard InChI is InChI=1S/C13H16N2O4/c16-10-5-3-4-9(15-10)11(17)14-8-13(12(18)19)6-1-2-7-13/h3-5H,1-2,6-8H2,(H,14,17)(H,15,16)(H,18,19). The molecule has 102 valence electrons. The molecule has 6 heteroatoms. The monoisotopic (exact) mass is 264 g/mol. The Morgan fingerprint density at radius 1 is 1.32 bits per heavy atom. The average molecular weight is 264 g/mol. The molecule has 1 amide bonds. The summed E-state index contributed by atoms with van der Waals surface area (Å²) in [6, 6.07) is 4.28. The lowest BCUT2D eigenvalue weighted by atomic mass is 9.86. The molecule has 1 heterocycles. The lowest BCUT2D eigenvalue weighted by molar-refractivity contribution is -0.148. The summed E-state index contributed by atoms with van der Waals surface area (Å²) in [5, 5.41) is 11.9. The Bertz CT molecular complexity index is 544. The summed E-state index contributed by atoms with van der Waals surface area (Å²) in [6.07, 6.45) is 2.89. The molecule has 19 heavy (non-hydrogen) atoms. The summed E-state index contributed by atoms with van der Waals surface area (Å²) in [6.45, 7) is 0.0953. The quantitative estimate of drug-likeness (QED) is 0.747. The Balaban J connectivity index is 2.04. The van der Waals surface area contributed by atoms with E-state index in [0.29, 0.717) is 12.8 Å². The predicted octanol–water partition coefficient (Wildman–Crippen LogP) is 0.750. The molecule has 1 aliphatic carbocycles. The molecule has 0 aliphatic heterocycles. The molecule has 3 N–H and O–H groups in total. The van der Waals surface area contributed by atoms with E-state index >= 15 is 0 Å². The van der Waals surface area contributed by atoms with Gasteiger partial charge in [0.05, 0.1) is 5.41 Å². The zero-order valence-corrected chi connectivity index (χ0v) is 10.4. The molecule has 1 aromatic heterocycles. The Morgan fingerprint density at radius 3 is 2.58 bits per heavy atom. The van der Waals surface area contributed by atoms with Crippen molar-refractivity contribution in [3.05, 3.63) is 34.2 Å². The summed E-state index contributed by atoms with van der Waals surface area (Å²) in [5.74, 6) is -1.32. The van der Waals surface area contributed by atoms with Crippen LogP contribution in [-0.4, -0.2) is 28.5 Å². The second-order valence-electron chi connectivity index (χ2n) is 4.90. The van der Waals surface area contributed by atoms with E-state index in [1.807, 2.05) is 0 Å². The maximum absolute atomic E-state index is 11.8. The second-order valence-corrected chi connectivity index (χ2v) is 4.90. The molecule has 0 atom stereocenters. The van der Waals surface area contributed by atoms with Crippen molar-refractivity contribution >= 4 is 11.9 Å². The van der Waals surface area contributed by atoms with Crippen LogP contribution in [0.25, 0.3) is 0 Å². The molecule has 2 rings (SSSR count). The Labute approximate surface area is 109 Å².